The molecule has 1 rings (SSSR count). The zero-order chi connectivity index (χ0) is 16.5. The lowest BCUT2D eigenvalue weighted by molar-refractivity contribution is -0.142. The number of carbonyl (C=O) groups excluding carboxylic acids is 2. The summed E-state index contributed by atoms with van der Waals surface area (Å²) in [7, 11) is 0. The van der Waals surface area contributed by atoms with E-state index < -0.39 is 12.0 Å². The lowest BCUT2D eigenvalue weighted by Gasteiger charge is -2.16. The van der Waals surface area contributed by atoms with Crippen molar-refractivity contribution >= 4 is 17.8 Å². The predicted molar refractivity (Wildman–Crippen MR) is 82.4 cm³/mol. The van der Waals surface area contributed by atoms with Gasteiger partial charge in [0.1, 0.15) is 6.04 Å². The van der Waals surface area contributed by atoms with Gasteiger partial charge in [-0.05, 0) is 25.0 Å². The Labute approximate surface area is 129 Å². The van der Waals surface area contributed by atoms with Crippen LogP contribution in [0.25, 0.3) is 0 Å². The minimum Gasteiger partial charge on any atom is -0.480 e. The first-order valence-corrected chi connectivity index (χ1v) is 7.28. The maximum atomic E-state index is 11.8. The number of carboxylic acid groups (broad SMARTS) is 1. The molecule has 0 saturated carbocycles. The molecule has 0 radical (unpaired) electrons. The molecule has 0 spiro atoms. The Hall–Kier alpha value is -2.37. The lowest BCUT2D eigenvalue weighted by Crippen LogP contribution is -2.43. The van der Waals surface area contributed by atoms with Crippen LogP contribution in [0.2, 0.25) is 0 Å². The molecule has 0 aliphatic carbocycles. The van der Waals surface area contributed by atoms with Crippen molar-refractivity contribution in [1.29, 1.82) is 0 Å². The van der Waals surface area contributed by atoms with Crippen LogP contribution in [0, 0.1) is 5.92 Å². The largest absolute Gasteiger partial charge is 0.480 e. The number of hydrogen-bond acceptors (Lipinski definition) is 3. The fraction of sp³-hybridized carbons (Fsp3) is 0.438. The van der Waals surface area contributed by atoms with Gasteiger partial charge in [0.15, 0.2) is 0 Å². The molecule has 1 atom stereocenters. The number of carbonyl (C=O) groups is 3. The van der Waals surface area contributed by atoms with E-state index in [2.05, 4.69) is 10.6 Å². The fourth-order valence-electron chi connectivity index (χ4n) is 1.80. The van der Waals surface area contributed by atoms with Crippen molar-refractivity contribution in [2.45, 2.75) is 32.7 Å². The summed E-state index contributed by atoms with van der Waals surface area (Å²) >= 11 is 0. The molecule has 6 nitrogen and oxygen atoms in total. The van der Waals surface area contributed by atoms with E-state index >= 15 is 0 Å². The van der Waals surface area contributed by atoms with Crippen LogP contribution in [-0.4, -0.2) is 35.5 Å². The maximum Gasteiger partial charge on any atom is 0.326 e. The van der Waals surface area contributed by atoms with E-state index in [-0.39, 0.29) is 24.2 Å². The van der Waals surface area contributed by atoms with Crippen LogP contribution in [0.3, 0.4) is 0 Å². The third kappa shape index (κ3) is 5.95. The van der Waals surface area contributed by atoms with E-state index in [1.807, 2.05) is 6.07 Å². The van der Waals surface area contributed by atoms with Gasteiger partial charge < -0.3 is 15.7 Å². The molecule has 120 valence electrons. The first-order chi connectivity index (χ1) is 10.4. The average molecular weight is 306 g/mol. The van der Waals surface area contributed by atoms with Gasteiger partial charge in [-0.2, -0.15) is 0 Å². The van der Waals surface area contributed by atoms with Gasteiger partial charge in [-0.3, -0.25) is 9.59 Å². The molecule has 0 unspecified atom stereocenters. The molecule has 0 aliphatic heterocycles. The number of nitrogens with one attached hydrogen (secondary N) is 2. The molecule has 3 N–H and O–H groups in total. The van der Waals surface area contributed by atoms with Crippen LogP contribution in [0.5, 0.6) is 0 Å². The van der Waals surface area contributed by atoms with Crippen LogP contribution in [-0.2, 0) is 9.59 Å². The van der Waals surface area contributed by atoms with Crippen LogP contribution < -0.4 is 10.6 Å². The monoisotopic (exact) mass is 306 g/mol. The summed E-state index contributed by atoms with van der Waals surface area (Å²) in [6, 6.07) is 7.86. The number of hydrogen-bond donors (Lipinski definition) is 3. The average Bonchev–Trinajstić information content (AvgIpc) is 2.50. The smallest absolute Gasteiger partial charge is 0.326 e. The van der Waals surface area contributed by atoms with Gasteiger partial charge >= 0.3 is 5.97 Å². The first-order valence-electron chi connectivity index (χ1n) is 7.28. The topological polar surface area (TPSA) is 95.5 Å². The molecular weight excluding hydrogens is 284 g/mol. The Morgan fingerprint density at radius 1 is 1.14 bits per heavy atom. The van der Waals surface area contributed by atoms with Gasteiger partial charge in [0.25, 0.3) is 5.91 Å². The molecule has 1 aromatic rings. The quantitative estimate of drug-likeness (QED) is 0.633. The molecule has 0 aromatic heterocycles. The molecule has 0 heterocycles. The molecule has 1 aromatic carbocycles. The van der Waals surface area contributed by atoms with E-state index in [9.17, 15) is 14.4 Å². The van der Waals surface area contributed by atoms with E-state index in [1.54, 1.807) is 38.1 Å². The second-order valence-electron chi connectivity index (χ2n) is 5.32. The van der Waals surface area contributed by atoms with Crippen molar-refractivity contribution in [2.24, 2.45) is 5.92 Å². The third-order valence-electron chi connectivity index (χ3n) is 3.13. The highest BCUT2D eigenvalue weighted by atomic mass is 16.4. The zero-order valence-electron chi connectivity index (χ0n) is 12.8. The predicted octanol–water partition coefficient (Wildman–Crippen LogP) is 1.42. The number of benzene rings is 1. The molecule has 2 amide bonds. The van der Waals surface area contributed by atoms with E-state index in [0.717, 1.165) is 0 Å². The molecule has 0 bridgehead atoms. The summed E-state index contributed by atoms with van der Waals surface area (Å²) in [4.78, 5) is 34.4. The Morgan fingerprint density at radius 2 is 1.77 bits per heavy atom. The van der Waals surface area contributed by atoms with Crippen LogP contribution in [0.4, 0.5) is 0 Å². The van der Waals surface area contributed by atoms with Crippen LogP contribution in [0.15, 0.2) is 30.3 Å². The van der Waals surface area contributed by atoms with Crippen molar-refractivity contribution in [2.75, 3.05) is 6.54 Å². The maximum absolute atomic E-state index is 11.8. The summed E-state index contributed by atoms with van der Waals surface area (Å²) in [5, 5.41) is 14.3. The van der Waals surface area contributed by atoms with Gasteiger partial charge in [0.05, 0.1) is 0 Å². The first kappa shape index (κ1) is 17.7. The second-order valence-corrected chi connectivity index (χ2v) is 5.32. The van der Waals surface area contributed by atoms with E-state index in [4.69, 9.17) is 5.11 Å². The van der Waals surface area contributed by atoms with Crippen LogP contribution >= 0.6 is 0 Å². The molecule has 0 fully saturated rings. The van der Waals surface area contributed by atoms with Gasteiger partial charge in [-0.15, -0.1) is 0 Å². The number of amides is 2. The number of carboxylic acids is 1. The van der Waals surface area contributed by atoms with Crippen molar-refractivity contribution < 1.29 is 19.5 Å². The van der Waals surface area contributed by atoms with Crippen molar-refractivity contribution in [3.63, 3.8) is 0 Å². The Bertz CT molecular complexity index is 514. The highest BCUT2D eigenvalue weighted by Crippen LogP contribution is 2.02. The normalized spacial score (nSPS) is 11.8. The van der Waals surface area contributed by atoms with Crippen molar-refractivity contribution in [3.05, 3.63) is 35.9 Å². The third-order valence-corrected chi connectivity index (χ3v) is 3.13. The number of aliphatic carboxylic acids is 1. The SMILES string of the molecule is CC(C)C(=O)N[C@@H](CCCNC(=O)c1ccccc1)C(=O)O. The Balaban J connectivity index is 2.36. The van der Waals surface area contributed by atoms with Crippen molar-refractivity contribution in [1.82, 2.24) is 10.6 Å². The second kappa shape index (κ2) is 8.81. The van der Waals surface area contributed by atoms with Gasteiger partial charge in [-0.25, -0.2) is 4.79 Å². The minimum absolute atomic E-state index is 0.196. The summed E-state index contributed by atoms with van der Waals surface area (Å²) in [6.07, 6.45) is 0.733. The highest BCUT2D eigenvalue weighted by Gasteiger charge is 2.20. The molecule has 0 saturated heterocycles. The van der Waals surface area contributed by atoms with E-state index in [1.165, 1.54) is 0 Å². The minimum atomic E-state index is -1.07. The number of rotatable bonds is 8. The molecule has 22 heavy (non-hydrogen) atoms. The Morgan fingerprint density at radius 3 is 2.32 bits per heavy atom. The fourth-order valence-corrected chi connectivity index (χ4v) is 1.80. The summed E-state index contributed by atoms with van der Waals surface area (Å²) in [5.74, 6) is -1.82. The van der Waals surface area contributed by atoms with Crippen LogP contribution in [0.1, 0.15) is 37.0 Å². The van der Waals surface area contributed by atoms with Gasteiger partial charge in [-0.1, -0.05) is 32.0 Å². The zero-order valence-corrected chi connectivity index (χ0v) is 12.8. The lowest BCUT2D eigenvalue weighted by atomic mass is 10.1. The Kier molecular flexibility index (Phi) is 7.08. The molecule has 0 aliphatic rings. The standard InChI is InChI=1S/C16H22N2O4/c1-11(2)14(19)18-13(16(21)22)9-6-10-17-15(20)12-7-4-3-5-8-12/h3-5,7-8,11,13H,6,9-10H2,1-2H3,(H,17,20)(H,18,19)(H,21,22)/t13-/m0/s1. The molecular formula is C16H22N2O4. The summed E-state index contributed by atoms with van der Waals surface area (Å²) in [5.41, 5.74) is 0.561. The molecule has 6 heteroatoms. The van der Waals surface area contributed by atoms with Gasteiger partial charge in [0, 0.05) is 18.0 Å². The summed E-state index contributed by atoms with van der Waals surface area (Å²) in [6.45, 7) is 3.76. The van der Waals surface area contributed by atoms with Crippen molar-refractivity contribution in [3.8, 4) is 0 Å². The highest BCUT2D eigenvalue weighted by molar-refractivity contribution is 5.94. The van der Waals surface area contributed by atoms with E-state index in [0.29, 0.717) is 18.5 Å². The summed E-state index contributed by atoms with van der Waals surface area (Å²) < 4.78 is 0. The van der Waals surface area contributed by atoms with Gasteiger partial charge in [0.2, 0.25) is 5.91 Å².